The van der Waals surface area contributed by atoms with Gasteiger partial charge in [-0.05, 0) is 69.2 Å². The van der Waals surface area contributed by atoms with E-state index < -0.39 is 5.60 Å². The summed E-state index contributed by atoms with van der Waals surface area (Å²) in [6.07, 6.45) is 6.55. The fraction of sp³-hybridized carbons (Fsp3) is 0.560. The molecule has 3 heterocycles. The first-order chi connectivity index (χ1) is 15.1. The van der Waals surface area contributed by atoms with Crippen LogP contribution < -0.4 is 9.64 Å². The van der Waals surface area contributed by atoms with Gasteiger partial charge >= 0.3 is 0 Å². The number of hydrogen-bond donors (Lipinski definition) is 1. The number of β-amino-alcohol motifs (C(OH)–C–C–N with tert-alkyl or cyclic N) is 1. The number of nitrogens with zero attached hydrogens (tertiary/aromatic N) is 4. The molecule has 0 radical (unpaired) electrons. The SMILES string of the molecule is CN(Cc1cccc(OCCN2CCCCC2)c1)C[C@@]1(O)CCN(c2ccccn2)C1. The molecule has 0 saturated carbocycles. The summed E-state index contributed by atoms with van der Waals surface area (Å²) in [4.78, 5) is 11.3. The van der Waals surface area contributed by atoms with Crippen molar-refractivity contribution < 1.29 is 9.84 Å². The Bertz CT molecular complexity index is 812. The fourth-order valence-electron chi connectivity index (χ4n) is 4.80. The standard InChI is InChI=1S/C25H36N4O2/c1-27(20-25(30)11-15-29(21-25)24-10-3-4-12-26-24)19-22-8-7-9-23(18-22)31-17-16-28-13-5-2-6-14-28/h3-4,7-10,12,18,30H,2,5-6,11,13-17,19-21H2,1H3/t25-/m0/s1. The van der Waals surface area contributed by atoms with Gasteiger partial charge in [-0.2, -0.15) is 0 Å². The highest BCUT2D eigenvalue weighted by atomic mass is 16.5. The van der Waals surface area contributed by atoms with Crippen LogP contribution in [0, 0.1) is 0 Å². The zero-order valence-electron chi connectivity index (χ0n) is 18.7. The number of ether oxygens (including phenoxy) is 1. The van der Waals surface area contributed by atoms with Crippen LogP contribution in [0.15, 0.2) is 48.7 Å². The second-order valence-corrected chi connectivity index (χ2v) is 9.15. The number of aromatic nitrogens is 1. The van der Waals surface area contributed by atoms with Crippen molar-refractivity contribution >= 4 is 5.82 Å². The van der Waals surface area contributed by atoms with Gasteiger partial charge < -0.3 is 14.7 Å². The fourth-order valence-corrected chi connectivity index (χ4v) is 4.80. The van der Waals surface area contributed by atoms with Gasteiger partial charge in [-0.1, -0.05) is 24.6 Å². The van der Waals surface area contributed by atoms with Crippen LogP contribution in [0.5, 0.6) is 5.75 Å². The van der Waals surface area contributed by atoms with Gasteiger partial charge in [0.25, 0.3) is 0 Å². The largest absolute Gasteiger partial charge is 0.492 e. The average Bonchev–Trinajstić information content (AvgIpc) is 3.17. The molecule has 0 unspecified atom stereocenters. The van der Waals surface area contributed by atoms with Gasteiger partial charge in [0.05, 0.1) is 5.60 Å². The van der Waals surface area contributed by atoms with Gasteiger partial charge in [0.1, 0.15) is 18.2 Å². The van der Waals surface area contributed by atoms with E-state index in [0.717, 1.165) is 44.2 Å². The highest BCUT2D eigenvalue weighted by molar-refractivity contribution is 5.40. The van der Waals surface area contributed by atoms with Crippen LogP contribution in [0.1, 0.15) is 31.2 Å². The first kappa shape index (κ1) is 22.1. The Morgan fingerprint density at radius 1 is 1.10 bits per heavy atom. The van der Waals surface area contributed by atoms with Crippen molar-refractivity contribution in [3.8, 4) is 5.75 Å². The molecule has 2 saturated heterocycles. The van der Waals surface area contributed by atoms with Gasteiger partial charge in [0.2, 0.25) is 0 Å². The molecule has 1 N–H and O–H groups in total. The van der Waals surface area contributed by atoms with Crippen LogP contribution in [0.3, 0.4) is 0 Å². The number of aliphatic hydroxyl groups is 1. The Hall–Kier alpha value is -2.15. The minimum Gasteiger partial charge on any atom is -0.492 e. The Labute approximate surface area is 186 Å². The van der Waals surface area contributed by atoms with Crippen LogP contribution in [0.25, 0.3) is 0 Å². The summed E-state index contributed by atoms with van der Waals surface area (Å²) in [5.41, 5.74) is 0.496. The summed E-state index contributed by atoms with van der Waals surface area (Å²) >= 11 is 0. The highest BCUT2D eigenvalue weighted by Gasteiger charge is 2.37. The molecule has 31 heavy (non-hydrogen) atoms. The molecule has 4 rings (SSSR count). The zero-order valence-corrected chi connectivity index (χ0v) is 18.7. The molecular weight excluding hydrogens is 388 g/mol. The van der Waals surface area contributed by atoms with E-state index in [2.05, 4.69) is 44.9 Å². The second-order valence-electron chi connectivity index (χ2n) is 9.15. The molecular formula is C25H36N4O2. The number of benzene rings is 1. The van der Waals surface area contributed by atoms with Crippen molar-refractivity contribution in [1.29, 1.82) is 0 Å². The maximum absolute atomic E-state index is 11.1. The lowest BCUT2D eigenvalue weighted by Gasteiger charge is -2.29. The Kier molecular flexibility index (Phi) is 7.43. The van der Waals surface area contributed by atoms with Crippen molar-refractivity contribution in [2.75, 3.05) is 57.8 Å². The lowest BCUT2D eigenvalue weighted by molar-refractivity contribution is 0.0279. The quantitative estimate of drug-likeness (QED) is 0.668. The lowest BCUT2D eigenvalue weighted by atomic mass is 10.0. The summed E-state index contributed by atoms with van der Waals surface area (Å²) in [6.45, 7) is 7.03. The Morgan fingerprint density at radius 2 is 1.97 bits per heavy atom. The molecule has 0 amide bonds. The summed E-state index contributed by atoms with van der Waals surface area (Å²) < 4.78 is 6.02. The van der Waals surface area contributed by atoms with E-state index in [1.807, 2.05) is 24.3 Å². The van der Waals surface area contributed by atoms with Gasteiger partial charge in [0.15, 0.2) is 0 Å². The minimum absolute atomic E-state index is 0.619. The van der Waals surface area contributed by atoms with Crippen molar-refractivity contribution in [3.05, 3.63) is 54.2 Å². The zero-order chi connectivity index (χ0) is 21.5. The molecule has 6 heteroatoms. The summed E-state index contributed by atoms with van der Waals surface area (Å²) in [5.74, 6) is 1.87. The number of piperidine rings is 1. The van der Waals surface area contributed by atoms with Crippen molar-refractivity contribution in [2.45, 2.75) is 37.8 Å². The molecule has 2 aromatic rings. The Morgan fingerprint density at radius 3 is 2.77 bits per heavy atom. The van der Waals surface area contributed by atoms with Crippen LogP contribution in [-0.4, -0.2) is 78.4 Å². The molecule has 2 aliphatic heterocycles. The summed E-state index contributed by atoms with van der Waals surface area (Å²) in [6, 6.07) is 14.3. The predicted molar refractivity (Wildman–Crippen MR) is 125 cm³/mol. The first-order valence-corrected chi connectivity index (χ1v) is 11.6. The van der Waals surface area contributed by atoms with E-state index in [0.29, 0.717) is 13.1 Å². The van der Waals surface area contributed by atoms with Gasteiger partial charge in [-0.3, -0.25) is 9.80 Å². The monoisotopic (exact) mass is 424 g/mol. The van der Waals surface area contributed by atoms with E-state index in [4.69, 9.17) is 4.74 Å². The number of likely N-dealkylation sites (tertiary alicyclic amines) is 1. The molecule has 0 bridgehead atoms. The van der Waals surface area contributed by atoms with Crippen molar-refractivity contribution in [2.24, 2.45) is 0 Å². The third-order valence-electron chi connectivity index (χ3n) is 6.35. The molecule has 0 aliphatic carbocycles. The summed E-state index contributed by atoms with van der Waals surface area (Å²) in [5, 5.41) is 11.1. The van der Waals surface area contributed by atoms with Crippen molar-refractivity contribution in [1.82, 2.24) is 14.8 Å². The molecule has 1 atom stereocenters. The van der Waals surface area contributed by atoms with E-state index in [-0.39, 0.29) is 0 Å². The number of hydrogen-bond acceptors (Lipinski definition) is 6. The third kappa shape index (κ3) is 6.42. The van der Waals surface area contributed by atoms with Crippen LogP contribution in [-0.2, 0) is 6.54 Å². The Balaban J connectivity index is 1.24. The molecule has 2 fully saturated rings. The number of rotatable bonds is 9. The summed E-state index contributed by atoms with van der Waals surface area (Å²) in [7, 11) is 2.07. The average molecular weight is 425 g/mol. The topological polar surface area (TPSA) is 52.1 Å². The third-order valence-corrected chi connectivity index (χ3v) is 6.35. The van der Waals surface area contributed by atoms with Gasteiger partial charge in [-0.25, -0.2) is 4.98 Å². The molecule has 168 valence electrons. The lowest BCUT2D eigenvalue weighted by Crippen LogP contribution is -2.43. The highest BCUT2D eigenvalue weighted by Crippen LogP contribution is 2.26. The van der Waals surface area contributed by atoms with Crippen LogP contribution >= 0.6 is 0 Å². The second kappa shape index (κ2) is 10.4. The molecule has 2 aliphatic rings. The van der Waals surface area contributed by atoms with E-state index in [9.17, 15) is 5.11 Å². The maximum Gasteiger partial charge on any atom is 0.128 e. The predicted octanol–water partition coefficient (Wildman–Crippen LogP) is 3.02. The number of anilines is 1. The van der Waals surface area contributed by atoms with E-state index in [1.165, 1.54) is 37.9 Å². The van der Waals surface area contributed by atoms with Gasteiger partial charge in [0, 0.05) is 38.9 Å². The molecule has 0 spiro atoms. The van der Waals surface area contributed by atoms with Crippen LogP contribution in [0.4, 0.5) is 5.82 Å². The maximum atomic E-state index is 11.1. The minimum atomic E-state index is -0.713. The normalized spacial score (nSPS) is 22.2. The van der Waals surface area contributed by atoms with Crippen LogP contribution in [0.2, 0.25) is 0 Å². The number of likely N-dealkylation sites (N-methyl/N-ethyl adjacent to an activating group) is 1. The first-order valence-electron chi connectivity index (χ1n) is 11.6. The number of pyridine rings is 1. The van der Waals surface area contributed by atoms with E-state index in [1.54, 1.807) is 6.20 Å². The molecule has 6 nitrogen and oxygen atoms in total. The smallest absolute Gasteiger partial charge is 0.128 e. The molecule has 1 aromatic carbocycles. The van der Waals surface area contributed by atoms with Crippen molar-refractivity contribution in [3.63, 3.8) is 0 Å². The van der Waals surface area contributed by atoms with E-state index >= 15 is 0 Å². The molecule has 1 aromatic heterocycles. The van der Waals surface area contributed by atoms with Gasteiger partial charge in [-0.15, -0.1) is 0 Å².